The number of para-hydroxylation sites is 2. The summed E-state index contributed by atoms with van der Waals surface area (Å²) in [6, 6.07) is 23.9. The average Bonchev–Trinajstić information content (AvgIpc) is 2.79. The van der Waals surface area contributed by atoms with E-state index in [9.17, 15) is 9.59 Å². The van der Waals surface area contributed by atoms with E-state index in [0.29, 0.717) is 22.9 Å². The molecular formula is C28H34O5Si2. The highest BCUT2D eigenvalue weighted by Crippen LogP contribution is 2.29. The minimum absolute atomic E-state index is 0.0927. The van der Waals surface area contributed by atoms with Crippen LogP contribution >= 0.6 is 0 Å². The number of rotatable bonds is 10. The second kappa shape index (κ2) is 11.2. The normalized spacial score (nSPS) is 11.7. The smallest absolute Gasteiger partial charge is 0.343 e. The van der Waals surface area contributed by atoms with Crippen molar-refractivity contribution in [3.8, 4) is 11.5 Å². The topological polar surface area (TPSA) is 61.8 Å². The van der Waals surface area contributed by atoms with Crippen LogP contribution in [0, 0.1) is 0 Å². The van der Waals surface area contributed by atoms with Crippen LogP contribution in [0.4, 0.5) is 0 Å². The minimum Gasteiger partial charge on any atom is -0.496 e. The van der Waals surface area contributed by atoms with Gasteiger partial charge in [-0.3, -0.25) is 4.79 Å². The molecule has 0 spiro atoms. The van der Waals surface area contributed by atoms with Crippen molar-refractivity contribution >= 4 is 28.4 Å². The molecule has 0 saturated carbocycles. The van der Waals surface area contributed by atoms with Gasteiger partial charge in [0.25, 0.3) is 0 Å². The quantitative estimate of drug-likeness (QED) is 0.138. The van der Waals surface area contributed by atoms with Crippen molar-refractivity contribution < 1.29 is 23.2 Å². The van der Waals surface area contributed by atoms with Gasteiger partial charge in [0.2, 0.25) is 0 Å². The van der Waals surface area contributed by atoms with Crippen LogP contribution in [-0.2, 0) is 16.2 Å². The SMILES string of the molecule is COc1ccccc1C[Si](C)(C)O[Si](C)(C)Cc1ccccc1OC(=O)c1cccc(C(C)=O)c1. The third-order valence-electron chi connectivity index (χ3n) is 5.66. The van der Waals surface area contributed by atoms with Crippen molar-refractivity contribution in [2.45, 2.75) is 45.2 Å². The maximum atomic E-state index is 12.8. The number of methoxy groups -OCH3 is 1. The summed E-state index contributed by atoms with van der Waals surface area (Å²) < 4.78 is 18.2. The van der Waals surface area contributed by atoms with Gasteiger partial charge < -0.3 is 13.6 Å². The standard InChI is InChI=1S/C28H34O5Si2/c1-21(29)22-14-11-15-23(18-22)28(30)32-27-17-10-8-13-25(27)20-35(5,6)33-34(3,4)19-24-12-7-9-16-26(24)31-2/h7-18H,19-20H2,1-6H3. The Morgan fingerprint density at radius 3 is 1.80 bits per heavy atom. The zero-order chi connectivity index (χ0) is 25.6. The van der Waals surface area contributed by atoms with E-state index in [1.165, 1.54) is 12.5 Å². The fraction of sp³-hybridized carbons (Fsp3) is 0.286. The van der Waals surface area contributed by atoms with Crippen LogP contribution < -0.4 is 9.47 Å². The maximum absolute atomic E-state index is 12.8. The summed E-state index contributed by atoms with van der Waals surface area (Å²) in [5, 5.41) is 0. The molecule has 0 aliphatic rings. The first-order valence-electron chi connectivity index (χ1n) is 11.7. The number of ketones is 1. The van der Waals surface area contributed by atoms with Crippen molar-refractivity contribution in [1.82, 2.24) is 0 Å². The van der Waals surface area contributed by atoms with Gasteiger partial charge in [-0.2, -0.15) is 0 Å². The van der Waals surface area contributed by atoms with Gasteiger partial charge in [0.05, 0.1) is 12.7 Å². The van der Waals surface area contributed by atoms with Gasteiger partial charge in [-0.1, -0.05) is 48.5 Å². The number of ether oxygens (including phenoxy) is 2. The molecule has 0 bridgehead atoms. The lowest BCUT2D eigenvalue weighted by atomic mass is 10.1. The Hall–Kier alpha value is -3.01. The van der Waals surface area contributed by atoms with Crippen molar-refractivity contribution in [2.24, 2.45) is 0 Å². The molecule has 0 radical (unpaired) electrons. The lowest BCUT2D eigenvalue weighted by Gasteiger charge is -2.34. The molecule has 0 N–H and O–H groups in total. The van der Waals surface area contributed by atoms with Gasteiger partial charge in [-0.15, -0.1) is 0 Å². The summed E-state index contributed by atoms with van der Waals surface area (Å²) in [6.45, 7) is 10.4. The molecule has 184 valence electrons. The summed E-state index contributed by atoms with van der Waals surface area (Å²) in [6.07, 6.45) is 0. The van der Waals surface area contributed by atoms with E-state index in [1.807, 2.05) is 42.5 Å². The molecule has 0 unspecified atom stereocenters. The van der Waals surface area contributed by atoms with Crippen LogP contribution in [0.15, 0.2) is 72.8 Å². The molecule has 3 aromatic carbocycles. The van der Waals surface area contributed by atoms with Crippen LogP contribution in [0.5, 0.6) is 11.5 Å². The molecule has 5 nitrogen and oxygen atoms in total. The summed E-state index contributed by atoms with van der Waals surface area (Å²) in [5.41, 5.74) is 2.95. The number of hydrogen-bond donors (Lipinski definition) is 0. The lowest BCUT2D eigenvalue weighted by Crippen LogP contribution is -2.47. The molecule has 3 rings (SSSR count). The summed E-state index contributed by atoms with van der Waals surface area (Å²) in [7, 11) is -2.52. The number of carbonyl (C=O) groups is 2. The van der Waals surface area contributed by atoms with Crippen LogP contribution in [-0.4, -0.2) is 35.5 Å². The summed E-state index contributed by atoms with van der Waals surface area (Å²) in [5.74, 6) is 0.845. The van der Waals surface area contributed by atoms with Gasteiger partial charge in [-0.05, 0) is 80.6 Å². The molecule has 3 aromatic rings. The minimum atomic E-state index is -2.16. The third-order valence-corrected chi connectivity index (χ3v) is 12.5. The number of esters is 1. The summed E-state index contributed by atoms with van der Waals surface area (Å²) in [4.78, 5) is 24.5. The average molecular weight is 507 g/mol. The number of carbonyl (C=O) groups excluding carboxylic acids is 2. The van der Waals surface area contributed by atoms with Gasteiger partial charge in [0.1, 0.15) is 11.5 Å². The monoisotopic (exact) mass is 506 g/mol. The van der Waals surface area contributed by atoms with Crippen LogP contribution in [0.25, 0.3) is 0 Å². The first-order valence-corrected chi connectivity index (χ1v) is 18.0. The summed E-state index contributed by atoms with van der Waals surface area (Å²) >= 11 is 0. The fourth-order valence-corrected chi connectivity index (χ4v) is 13.3. The maximum Gasteiger partial charge on any atom is 0.343 e. The van der Waals surface area contributed by atoms with Gasteiger partial charge in [0.15, 0.2) is 22.4 Å². The second-order valence-corrected chi connectivity index (χ2v) is 18.5. The lowest BCUT2D eigenvalue weighted by molar-refractivity contribution is 0.0733. The van der Waals surface area contributed by atoms with Crippen LogP contribution in [0.1, 0.15) is 38.8 Å². The molecule has 0 aliphatic heterocycles. The predicted octanol–water partition coefficient (Wildman–Crippen LogP) is 6.41. The molecule has 0 atom stereocenters. The number of Topliss-reactive ketones (excluding diaryl/α,β-unsaturated/α-hetero) is 1. The highest BCUT2D eigenvalue weighted by Gasteiger charge is 2.34. The molecule has 0 saturated heterocycles. The molecule has 35 heavy (non-hydrogen) atoms. The zero-order valence-electron chi connectivity index (χ0n) is 21.4. The van der Waals surface area contributed by atoms with Gasteiger partial charge >= 0.3 is 5.97 Å². The van der Waals surface area contributed by atoms with Crippen LogP contribution in [0.2, 0.25) is 26.2 Å². The van der Waals surface area contributed by atoms with E-state index in [0.717, 1.165) is 17.4 Å². The number of hydrogen-bond acceptors (Lipinski definition) is 5. The zero-order valence-corrected chi connectivity index (χ0v) is 23.4. The molecular weight excluding hydrogens is 472 g/mol. The Bertz CT molecular complexity index is 1200. The molecule has 0 aliphatic carbocycles. The van der Waals surface area contributed by atoms with Crippen molar-refractivity contribution in [3.63, 3.8) is 0 Å². The molecule has 0 aromatic heterocycles. The predicted molar refractivity (Wildman–Crippen MR) is 144 cm³/mol. The first-order chi connectivity index (χ1) is 16.5. The molecule has 0 fully saturated rings. The Morgan fingerprint density at radius 2 is 1.23 bits per heavy atom. The Morgan fingerprint density at radius 1 is 0.714 bits per heavy atom. The second-order valence-electron chi connectivity index (χ2n) is 9.92. The third kappa shape index (κ3) is 7.49. The fourth-order valence-electron chi connectivity index (χ4n) is 4.36. The Balaban J connectivity index is 1.74. The van der Waals surface area contributed by atoms with Crippen molar-refractivity contribution in [2.75, 3.05) is 7.11 Å². The van der Waals surface area contributed by atoms with Crippen molar-refractivity contribution in [1.29, 1.82) is 0 Å². The van der Waals surface area contributed by atoms with E-state index >= 15 is 0 Å². The van der Waals surface area contributed by atoms with E-state index in [2.05, 4.69) is 32.3 Å². The van der Waals surface area contributed by atoms with E-state index in [4.69, 9.17) is 13.6 Å². The molecule has 0 amide bonds. The highest BCUT2D eigenvalue weighted by molar-refractivity contribution is 6.84. The number of benzene rings is 3. The largest absolute Gasteiger partial charge is 0.496 e. The molecule has 0 heterocycles. The first kappa shape index (κ1) is 26.6. The van der Waals surface area contributed by atoms with Crippen molar-refractivity contribution in [3.05, 3.63) is 95.1 Å². The van der Waals surface area contributed by atoms with Crippen LogP contribution in [0.3, 0.4) is 0 Å². The Labute approximate surface area is 210 Å². The molecule has 7 heteroatoms. The Kier molecular flexibility index (Phi) is 8.48. The van der Waals surface area contributed by atoms with Gasteiger partial charge in [-0.25, -0.2) is 4.79 Å². The van der Waals surface area contributed by atoms with Gasteiger partial charge in [0, 0.05) is 5.56 Å². The van der Waals surface area contributed by atoms with E-state index in [-0.39, 0.29) is 5.78 Å². The van der Waals surface area contributed by atoms with E-state index in [1.54, 1.807) is 31.4 Å². The van der Waals surface area contributed by atoms with E-state index < -0.39 is 22.6 Å². The highest BCUT2D eigenvalue weighted by atomic mass is 28.4.